The van der Waals surface area contributed by atoms with Crippen LogP contribution in [0.3, 0.4) is 0 Å². The van der Waals surface area contributed by atoms with Gasteiger partial charge in [-0.05, 0) is 6.42 Å². The van der Waals surface area contributed by atoms with E-state index >= 15 is 0 Å². The van der Waals surface area contributed by atoms with Crippen molar-refractivity contribution in [2.24, 2.45) is 0 Å². The predicted octanol–water partition coefficient (Wildman–Crippen LogP) is 8.28. The highest BCUT2D eigenvalue weighted by molar-refractivity contribution is 5.66. The summed E-state index contributed by atoms with van der Waals surface area (Å²) in [6.45, 7) is -3.73. The lowest BCUT2D eigenvalue weighted by Crippen LogP contribution is -1.93. The van der Waals surface area contributed by atoms with Crippen molar-refractivity contribution in [1.82, 2.24) is 0 Å². The van der Waals surface area contributed by atoms with Crippen molar-refractivity contribution in [3.05, 3.63) is 0 Å². The molecule has 0 heterocycles. The Labute approximate surface area is 180 Å². The standard InChI is InChI=1S/C23H46O2/c1-2-3-4-5-6-7-8-9-10-11-12-13-14-15-16-17-18-19-20-21-22-23(24)25/h2-22H2,1H3,(H,24,25)/i1D3,2D2,3D2,4D2,5D2,6D2,7D2,8D. The van der Waals surface area contributed by atoms with Crippen molar-refractivity contribution in [2.75, 3.05) is 0 Å². The number of hydrogen-bond donors (Lipinski definition) is 1. The van der Waals surface area contributed by atoms with Crippen molar-refractivity contribution in [3.63, 3.8) is 0 Å². The van der Waals surface area contributed by atoms with E-state index in [4.69, 9.17) is 27.0 Å². The molecule has 0 rings (SSSR count). The van der Waals surface area contributed by atoms with E-state index in [1.165, 1.54) is 0 Å². The van der Waals surface area contributed by atoms with Crippen molar-refractivity contribution < 1.29 is 31.8 Å². The molecule has 0 aliphatic carbocycles. The van der Waals surface area contributed by atoms with E-state index in [2.05, 4.69) is 0 Å². The van der Waals surface area contributed by atoms with E-state index in [1.54, 1.807) is 0 Å². The number of carboxylic acid groups (broad SMARTS) is 1. The highest BCUT2D eigenvalue weighted by atomic mass is 16.4. The van der Waals surface area contributed by atoms with Crippen LogP contribution in [-0.2, 0) is 4.79 Å². The van der Waals surface area contributed by atoms with Crippen LogP contribution in [0.25, 0.3) is 0 Å². The Balaban J connectivity index is 4.86. The summed E-state index contributed by atoms with van der Waals surface area (Å²) in [4.78, 5) is 10.5. The fourth-order valence-electron chi connectivity index (χ4n) is 2.54. The molecule has 0 spiro atoms. The molecular weight excluding hydrogens is 308 g/mol. The molecule has 0 aromatic rings. The molecular formula is C23H46O2. The Morgan fingerprint density at radius 2 is 1.12 bits per heavy atom. The monoisotopic (exact) mass is 370 g/mol. The van der Waals surface area contributed by atoms with Crippen molar-refractivity contribution in [2.45, 2.75) is 141 Å². The Morgan fingerprint density at radius 1 is 0.680 bits per heavy atom. The van der Waals surface area contributed by atoms with E-state index < -0.39 is 57.5 Å². The van der Waals surface area contributed by atoms with Gasteiger partial charge in [-0.15, -0.1) is 0 Å². The van der Waals surface area contributed by atoms with Gasteiger partial charge in [0.2, 0.25) is 0 Å². The van der Waals surface area contributed by atoms with Gasteiger partial charge in [-0.25, -0.2) is 0 Å². The van der Waals surface area contributed by atoms with E-state index in [0.717, 1.165) is 57.8 Å². The molecule has 1 N–H and O–H groups in total. The second-order valence-electron chi connectivity index (χ2n) is 6.15. The molecule has 0 aliphatic heterocycles. The maximum Gasteiger partial charge on any atom is 0.303 e. The van der Waals surface area contributed by atoms with E-state index in [9.17, 15) is 4.79 Å². The molecule has 25 heavy (non-hydrogen) atoms. The fraction of sp³-hybridized carbons (Fsp3) is 0.957. The topological polar surface area (TPSA) is 37.3 Å². The molecule has 0 fully saturated rings. The van der Waals surface area contributed by atoms with Crippen LogP contribution in [0, 0.1) is 0 Å². The summed E-state index contributed by atoms with van der Waals surface area (Å²) in [5.74, 6) is -0.771. The van der Waals surface area contributed by atoms with Crippen LogP contribution in [-0.4, -0.2) is 11.1 Å². The SMILES string of the molecule is [2H]C(CCCCCCCCCCCCCCC(=O)O)C([2H])([2H])C([2H])([2H])C([2H])([2H])C([2H])([2H])C([2H])([2H])C([2H])([2H])C([2H])([2H])[2H]. The third-order valence-corrected chi connectivity index (χ3v) is 3.91. The average Bonchev–Trinajstić information content (AvgIpc) is 2.82. The van der Waals surface area contributed by atoms with Gasteiger partial charge in [0.25, 0.3) is 0 Å². The van der Waals surface area contributed by atoms with Gasteiger partial charge in [0.15, 0.2) is 0 Å². The van der Waals surface area contributed by atoms with E-state index in [0.29, 0.717) is 19.3 Å². The Morgan fingerprint density at radius 3 is 1.64 bits per heavy atom. The average molecular weight is 371 g/mol. The van der Waals surface area contributed by atoms with Crippen LogP contribution < -0.4 is 0 Å². The lowest BCUT2D eigenvalue weighted by molar-refractivity contribution is -0.137. The first kappa shape index (κ1) is 8.65. The van der Waals surface area contributed by atoms with Gasteiger partial charge in [0.05, 0.1) is 0 Å². The highest BCUT2D eigenvalue weighted by Crippen LogP contribution is 2.14. The Bertz CT molecular complexity index is 795. The number of rotatable bonds is 21. The lowest BCUT2D eigenvalue weighted by atomic mass is 10.0. The fourth-order valence-corrected chi connectivity index (χ4v) is 2.54. The smallest absolute Gasteiger partial charge is 0.303 e. The van der Waals surface area contributed by atoms with Gasteiger partial charge in [0.1, 0.15) is 0 Å². The molecule has 1 atom stereocenters. The second-order valence-corrected chi connectivity index (χ2v) is 6.15. The van der Waals surface area contributed by atoms with E-state index in [-0.39, 0.29) is 12.8 Å². The summed E-state index contributed by atoms with van der Waals surface area (Å²) >= 11 is 0. The molecule has 0 aromatic carbocycles. The molecule has 0 bridgehead atoms. The van der Waals surface area contributed by atoms with Crippen LogP contribution in [0.15, 0.2) is 0 Å². The molecule has 0 amide bonds. The van der Waals surface area contributed by atoms with Crippen molar-refractivity contribution in [3.8, 4) is 0 Å². The van der Waals surface area contributed by atoms with Crippen LogP contribution in [0.4, 0.5) is 0 Å². The lowest BCUT2D eigenvalue weighted by Gasteiger charge is -2.04. The van der Waals surface area contributed by atoms with Gasteiger partial charge >= 0.3 is 5.97 Å². The van der Waals surface area contributed by atoms with Gasteiger partial charge in [0, 0.05) is 28.4 Å². The summed E-state index contributed by atoms with van der Waals surface area (Å²) in [6.07, 6.45) is -14.7. The molecule has 150 valence electrons. The Hall–Kier alpha value is -0.530. The number of carboxylic acids is 1. The second kappa shape index (κ2) is 21.5. The third kappa shape index (κ3) is 23.5. The number of carbonyl (C=O) groups is 1. The van der Waals surface area contributed by atoms with Gasteiger partial charge < -0.3 is 5.11 Å². The number of aliphatic carboxylic acids is 1. The molecule has 0 radical (unpaired) electrons. The molecule has 0 aliphatic rings. The van der Waals surface area contributed by atoms with Crippen LogP contribution >= 0.6 is 0 Å². The first-order valence-corrected chi connectivity index (χ1v) is 9.48. The maximum atomic E-state index is 10.5. The number of unbranched alkanes of at least 4 members (excludes halogenated alkanes) is 11. The number of hydrogen-bond acceptors (Lipinski definition) is 1. The molecule has 2 heteroatoms. The summed E-state index contributed by atoms with van der Waals surface area (Å²) in [7, 11) is 0. The van der Waals surface area contributed by atoms with Crippen LogP contribution in [0.1, 0.15) is 163 Å². The van der Waals surface area contributed by atoms with Gasteiger partial charge in [-0.1, -0.05) is 129 Å². The normalized spacial score (nSPS) is 25.8. The van der Waals surface area contributed by atoms with Crippen molar-refractivity contribution >= 4 is 5.97 Å². The summed E-state index contributed by atoms with van der Waals surface area (Å²) < 4.78 is 126. The predicted molar refractivity (Wildman–Crippen MR) is 110 cm³/mol. The first-order valence-electron chi connectivity index (χ1n) is 17.6. The third-order valence-electron chi connectivity index (χ3n) is 3.91. The largest absolute Gasteiger partial charge is 0.481 e. The summed E-state index contributed by atoms with van der Waals surface area (Å²) in [5, 5.41) is 8.60. The highest BCUT2D eigenvalue weighted by Gasteiger charge is 1.97. The molecule has 0 aromatic heterocycles. The van der Waals surface area contributed by atoms with Crippen LogP contribution in [0.2, 0.25) is 0 Å². The minimum atomic E-state index is -4.14. The zero-order valence-corrected chi connectivity index (χ0v) is 15.3. The molecule has 0 saturated carbocycles. The van der Waals surface area contributed by atoms with Crippen LogP contribution in [0.5, 0.6) is 0 Å². The Kier molecular flexibility index (Phi) is 7.45. The van der Waals surface area contributed by atoms with Gasteiger partial charge in [-0.2, -0.15) is 0 Å². The quantitative estimate of drug-likeness (QED) is 0.206. The zero-order chi connectivity index (χ0) is 32.6. The summed E-state index contributed by atoms with van der Waals surface area (Å²) in [6, 6.07) is 0. The first-order chi connectivity index (χ1) is 18.3. The summed E-state index contributed by atoms with van der Waals surface area (Å²) in [5.41, 5.74) is 0. The van der Waals surface area contributed by atoms with Gasteiger partial charge in [-0.3, -0.25) is 4.79 Å². The minimum Gasteiger partial charge on any atom is -0.481 e. The van der Waals surface area contributed by atoms with E-state index in [1.807, 2.05) is 0 Å². The zero-order valence-electron chi connectivity index (χ0n) is 31.3. The minimum absolute atomic E-state index is 0.170. The molecule has 0 saturated heterocycles. The molecule has 1 unspecified atom stereocenters. The maximum absolute atomic E-state index is 10.5. The molecule has 2 nitrogen and oxygen atoms in total. The van der Waals surface area contributed by atoms with Crippen molar-refractivity contribution in [1.29, 1.82) is 0 Å².